The number of halogens is 2. The Labute approximate surface area is 206 Å². The van der Waals surface area contributed by atoms with Gasteiger partial charge in [-0.15, -0.1) is 12.6 Å². The summed E-state index contributed by atoms with van der Waals surface area (Å²) in [6, 6.07) is 9.05. The minimum atomic E-state index is -4.98. The van der Waals surface area contributed by atoms with E-state index >= 15 is 0 Å². The summed E-state index contributed by atoms with van der Waals surface area (Å²) >= 11 is 0. The van der Waals surface area contributed by atoms with Crippen LogP contribution in [0.15, 0.2) is 48.5 Å². The molecule has 0 aromatic heterocycles. The predicted octanol–water partition coefficient (Wildman–Crippen LogP) is -4.73. The molecule has 0 radical (unpaired) electrons. The molecule has 0 bridgehead atoms. The Morgan fingerprint density at radius 1 is 0.893 bits per heavy atom. The van der Waals surface area contributed by atoms with E-state index in [0.29, 0.717) is 11.8 Å². The molecule has 0 heterocycles. The molecule has 0 aliphatic rings. The van der Waals surface area contributed by atoms with Crippen LogP contribution in [0.4, 0.5) is 8.78 Å². The van der Waals surface area contributed by atoms with E-state index in [1.54, 1.807) is 0 Å². The van der Waals surface area contributed by atoms with Crippen molar-refractivity contribution in [2.45, 2.75) is 0 Å². The minimum absolute atomic E-state index is 0. The summed E-state index contributed by atoms with van der Waals surface area (Å²) < 4.78 is 80.4. The largest absolute Gasteiger partial charge is 1.00 e. The van der Waals surface area contributed by atoms with Gasteiger partial charge in [-0.1, -0.05) is 0 Å². The Kier molecular flexibility index (Phi) is 18.2. The topological polar surface area (TPSA) is 143 Å². The molecule has 14 heteroatoms. The third kappa shape index (κ3) is 15.1. The van der Waals surface area contributed by atoms with Crippen molar-refractivity contribution < 1.29 is 105 Å². The van der Waals surface area contributed by atoms with E-state index in [0.717, 1.165) is 24.3 Å². The standard InChI is InChI=1S/C7H5FO4S.C7H5FO.2Na.O3S.H/c8-6-3-1-5(2-4-6)7(9)13(10,11)12;8-7-3-1-6(5-9)2-4-7;;;1-4(2)3;/h1-4H,(H,10,11,12);1-5H;;;;/q;;2*+1;;-1/p-1. The number of carbonyl (C=O) groups is 2. The van der Waals surface area contributed by atoms with E-state index in [9.17, 15) is 31.3 Å². The van der Waals surface area contributed by atoms with Crippen molar-refractivity contribution in [3.05, 3.63) is 71.3 Å². The summed E-state index contributed by atoms with van der Waals surface area (Å²) in [4.78, 5) is 20.7. The van der Waals surface area contributed by atoms with Crippen molar-refractivity contribution in [3.8, 4) is 0 Å². The van der Waals surface area contributed by atoms with Crippen molar-refractivity contribution in [2.75, 3.05) is 0 Å². The normalized spacial score (nSPS) is 8.96. The SMILES string of the molecule is O=C(c1ccc(F)cc1)S(=O)(=O)[O-].O=Cc1ccc(F)cc1.O=S(=O)=O.[H-].[Na+].[Na+]. The van der Waals surface area contributed by atoms with Gasteiger partial charge in [0, 0.05) is 11.1 Å². The van der Waals surface area contributed by atoms with E-state index in [1.165, 1.54) is 24.3 Å². The first-order valence-corrected chi connectivity index (χ1v) is 8.61. The molecule has 0 aliphatic heterocycles. The van der Waals surface area contributed by atoms with Gasteiger partial charge in [0.1, 0.15) is 17.9 Å². The average Bonchev–Trinajstić information content (AvgIpc) is 2.55. The molecule has 0 spiro atoms. The molecule has 2 aromatic carbocycles. The van der Waals surface area contributed by atoms with Crippen LogP contribution in [0.1, 0.15) is 22.1 Å². The molecule has 0 atom stereocenters. The third-order valence-corrected chi connectivity index (χ3v) is 3.00. The monoisotopic (exact) mass is 454 g/mol. The molecular weight excluding hydrogens is 444 g/mol. The average molecular weight is 454 g/mol. The summed E-state index contributed by atoms with van der Waals surface area (Å²) in [7, 11) is -8.09. The van der Waals surface area contributed by atoms with Gasteiger partial charge in [-0.05, 0) is 48.5 Å². The Balaban J connectivity index is -0.000000173. The van der Waals surface area contributed by atoms with Crippen LogP contribution in [0, 0.1) is 11.6 Å². The molecule has 0 fully saturated rings. The number of carbonyl (C=O) groups excluding carboxylic acids is 2. The maximum Gasteiger partial charge on any atom is 1.00 e. The minimum Gasteiger partial charge on any atom is -1.00 e. The van der Waals surface area contributed by atoms with E-state index in [2.05, 4.69) is 0 Å². The summed E-state index contributed by atoms with van der Waals surface area (Å²) in [5, 5.41) is -1.55. The second kappa shape index (κ2) is 16.0. The molecule has 142 valence electrons. The molecule has 0 N–H and O–H groups in total. The van der Waals surface area contributed by atoms with Crippen molar-refractivity contribution in [3.63, 3.8) is 0 Å². The fourth-order valence-electron chi connectivity index (χ4n) is 1.27. The second-order valence-corrected chi connectivity index (χ2v) is 5.81. The maximum atomic E-state index is 12.3. The Morgan fingerprint density at radius 2 is 1.21 bits per heavy atom. The van der Waals surface area contributed by atoms with Gasteiger partial charge in [0.05, 0.1) is 0 Å². The Morgan fingerprint density at radius 3 is 1.50 bits per heavy atom. The van der Waals surface area contributed by atoms with Gasteiger partial charge in [0.15, 0.2) is 10.1 Å². The number of benzene rings is 2. The van der Waals surface area contributed by atoms with Crippen molar-refractivity contribution in [1.82, 2.24) is 0 Å². The van der Waals surface area contributed by atoms with Crippen molar-refractivity contribution >= 4 is 32.1 Å². The zero-order valence-corrected chi connectivity index (χ0v) is 20.2. The first kappa shape index (κ1) is 31.9. The number of hydrogen-bond acceptors (Lipinski definition) is 8. The van der Waals surface area contributed by atoms with Gasteiger partial charge < -0.3 is 5.98 Å². The van der Waals surface area contributed by atoms with E-state index in [4.69, 9.17) is 12.6 Å². The van der Waals surface area contributed by atoms with E-state index in [1.807, 2.05) is 0 Å². The molecular formula is C14H10F2Na2O8S2. The third-order valence-electron chi connectivity index (χ3n) is 2.31. The summed E-state index contributed by atoms with van der Waals surface area (Å²) in [6.45, 7) is 0. The van der Waals surface area contributed by atoms with Crippen LogP contribution in [0.25, 0.3) is 0 Å². The first-order chi connectivity index (χ1) is 12.0. The van der Waals surface area contributed by atoms with Gasteiger partial charge >= 0.3 is 69.7 Å². The van der Waals surface area contributed by atoms with E-state index in [-0.39, 0.29) is 71.9 Å². The Hall–Kier alpha value is -0.830. The first-order valence-electron chi connectivity index (χ1n) is 6.20. The molecule has 0 saturated carbocycles. The van der Waals surface area contributed by atoms with Crippen LogP contribution in [-0.2, 0) is 20.7 Å². The predicted molar refractivity (Wildman–Crippen MR) is 83.0 cm³/mol. The molecule has 0 saturated heterocycles. The second-order valence-electron chi connectivity index (χ2n) is 4.12. The molecule has 8 nitrogen and oxygen atoms in total. The maximum absolute atomic E-state index is 12.3. The zero-order valence-electron chi connectivity index (χ0n) is 15.5. The van der Waals surface area contributed by atoms with Crippen LogP contribution >= 0.6 is 0 Å². The number of aldehydes is 1. The van der Waals surface area contributed by atoms with Gasteiger partial charge in [-0.3, -0.25) is 9.59 Å². The van der Waals surface area contributed by atoms with Gasteiger partial charge in [-0.2, -0.15) is 0 Å². The van der Waals surface area contributed by atoms with Crippen LogP contribution < -0.4 is 59.1 Å². The molecule has 2 rings (SSSR count). The van der Waals surface area contributed by atoms with Gasteiger partial charge in [-0.25, -0.2) is 17.2 Å². The van der Waals surface area contributed by atoms with Crippen molar-refractivity contribution in [2.24, 2.45) is 0 Å². The summed E-state index contributed by atoms with van der Waals surface area (Å²) in [6.07, 6.45) is 0.680. The fraction of sp³-hybridized carbons (Fsp3) is 0. The van der Waals surface area contributed by atoms with Gasteiger partial charge in [0.25, 0.3) is 5.12 Å². The quantitative estimate of drug-likeness (QED) is 0.250. The number of rotatable bonds is 2. The van der Waals surface area contributed by atoms with Gasteiger partial charge in [0.2, 0.25) is 0 Å². The van der Waals surface area contributed by atoms with Crippen LogP contribution in [0.5, 0.6) is 0 Å². The molecule has 2 aromatic rings. The molecule has 0 unspecified atom stereocenters. The number of hydrogen-bond donors (Lipinski definition) is 0. The van der Waals surface area contributed by atoms with Crippen LogP contribution in [0.3, 0.4) is 0 Å². The molecule has 0 aliphatic carbocycles. The van der Waals surface area contributed by atoms with E-state index < -0.39 is 31.7 Å². The summed E-state index contributed by atoms with van der Waals surface area (Å²) in [5.74, 6) is -0.930. The smallest absolute Gasteiger partial charge is 1.00 e. The van der Waals surface area contributed by atoms with Crippen LogP contribution in [-0.4, -0.2) is 37.0 Å². The summed E-state index contributed by atoms with van der Waals surface area (Å²) in [5.41, 5.74) is 0.160. The van der Waals surface area contributed by atoms with Crippen LogP contribution in [0.2, 0.25) is 0 Å². The van der Waals surface area contributed by atoms with Crippen molar-refractivity contribution in [1.29, 1.82) is 0 Å². The molecule has 0 amide bonds. The molecule has 28 heavy (non-hydrogen) atoms. The Bertz CT molecular complexity index is 962. The fourth-order valence-corrected chi connectivity index (χ4v) is 1.70. The zero-order chi connectivity index (χ0) is 20.3.